The Balaban J connectivity index is 2.71. The largest absolute Gasteiger partial charge is 0.497 e. The molecule has 0 aromatic heterocycles. The first kappa shape index (κ1) is 14.0. The molecule has 0 radical (unpaired) electrons. The van der Waals surface area contributed by atoms with Gasteiger partial charge in [-0.25, -0.2) is 0 Å². The van der Waals surface area contributed by atoms with Gasteiger partial charge in [0.05, 0.1) is 7.11 Å². The summed E-state index contributed by atoms with van der Waals surface area (Å²) >= 11 is 7.33. The van der Waals surface area contributed by atoms with Crippen LogP contribution in [-0.2, 0) is 0 Å². The van der Waals surface area contributed by atoms with Crippen molar-refractivity contribution in [1.29, 1.82) is 0 Å². The Kier molecular flexibility index (Phi) is 5.84. The molecule has 0 N–H and O–H groups in total. The zero-order valence-electron chi connectivity index (χ0n) is 9.97. The number of halogens is 2. The minimum Gasteiger partial charge on any atom is -0.497 e. The maximum atomic E-state index is 5.18. The molecule has 1 rings (SSSR count). The minimum atomic E-state index is 0.412. The number of rotatable bonds is 5. The smallest absolute Gasteiger partial charge is 0.120 e. The van der Waals surface area contributed by atoms with E-state index in [0.29, 0.717) is 4.83 Å². The van der Waals surface area contributed by atoms with E-state index in [0.717, 1.165) is 22.6 Å². The van der Waals surface area contributed by atoms with Gasteiger partial charge < -0.3 is 4.74 Å². The molecular weight excluding hydrogens is 332 g/mol. The van der Waals surface area contributed by atoms with Gasteiger partial charge in [0.15, 0.2) is 0 Å². The molecule has 0 aliphatic carbocycles. The number of ether oxygens (including phenoxy) is 1. The molecule has 1 nitrogen and oxygen atoms in total. The highest BCUT2D eigenvalue weighted by molar-refractivity contribution is 9.11. The summed E-state index contributed by atoms with van der Waals surface area (Å²) < 4.78 is 6.29. The summed E-state index contributed by atoms with van der Waals surface area (Å²) in [5, 5.41) is 0. The van der Waals surface area contributed by atoms with Gasteiger partial charge in [-0.05, 0) is 36.5 Å². The zero-order valence-corrected chi connectivity index (χ0v) is 13.1. The van der Waals surface area contributed by atoms with Crippen LogP contribution in [0.3, 0.4) is 0 Å². The molecule has 0 fully saturated rings. The summed E-state index contributed by atoms with van der Waals surface area (Å²) in [5.41, 5.74) is 1.29. The third-order valence-corrected chi connectivity index (χ3v) is 4.18. The summed E-state index contributed by atoms with van der Waals surface area (Å²) in [7, 11) is 1.69. The van der Waals surface area contributed by atoms with Gasteiger partial charge in [-0.1, -0.05) is 51.8 Å². The highest BCUT2D eigenvalue weighted by Gasteiger charge is 2.12. The first-order valence-electron chi connectivity index (χ1n) is 5.52. The van der Waals surface area contributed by atoms with Crippen molar-refractivity contribution in [2.75, 3.05) is 7.11 Å². The summed E-state index contributed by atoms with van der Waals surface area (Å²) in [5.74, 6) is 1.64. The molecule has 1 aromatic rings. The normalized spacial score (nSPS) is 12.9. The Morgan fingerprint density at radius 3 is 2.44 bits per heavy atom. The van der Waals surface area contributed by atoms with Crippen LogP contribution >= 0.6 is 31.9 Å². The number of alkyl halides is 1. The predicted octanol–water partition coefficient (Wildman–Crippen LogP) is 5.33. The number of hydrogen-bond donors (Lipinski definition) is 0. The molecule has 90 valence electrons. The zero-order chi connectivity index (χ0) is 12.1. The van der Waals surface area contributed by atoms with Gasteiger partial charge in [-0.15, -0.1) is 0 Å². The van der Waals surface area contributed by atoms with Crippen LogP contribution in [0.2, 0.25) is 0 Å². The second kappa shape index (κ2) is 6.65. The van der Waals surface area contributed by atoms with Crippen LogP contribution in [0.25, 0.3) is 0 Å². The van der Waals surface area contributed by atoms with E-state index in [1.807, 2.05) is 12.1 Å². The van der Waals surface area contributed by atoms with E-state index in [-0.39, 0.29) is 0 Å². The molecule has 0 bridgehead atoms. The SMILES string of the molecule is COc1ccc(C(Br)CCC(C)C)c(Br)c1. The molecule has 0 amide bonds. The lowest BCUT2D eigenvalue weighted by Crippen LogP contribution is -1.96. The second-order valence-corrected chi connectivity index (χ2v) is 6.29. The van der Waals surface area contributed by atoms with Gasteiger partial charge in [0.1, 0.15) is 5.75 Å². The fraction of sp³-hybridized carbons (Fsp3) is 0.538. The number of methoxy groups -OCH3 is 1. The van der Waals surface area contributed by atoms with Crippen molar-refractivity contribution in [2.24, 2.45) is 5.92 Å². The monoisotopic (exact) mass is 348 g/mol. The Labute approximate surface area is 115 Å². The van der Waals surface area contributed by atoms with Crippen LogP contribution in [0.5, 0.6) is 5.75 Å². The van der Waals surface area contributed by atoms with Crippen molar-refractivity contribution < 1.29 is 4.74 Å². The van der Waals surface area contributed by atoms with Crippen LogP contribution in [0.4, 0.5) is 0 Å². The molecule has 16 heavy (non-hydrogen) atoms. The highest BCUT2D eigenvalue weighted by atomic mass is 79.9. The van der Waals surface area contributed by atoms with Gasteiger partial charge in [-0.3, -0.25) is 0 Å². The summed E-state index contributed by atoms with van der Waals surface area (Å²) in [6.07, 6.45) is 2.39. The van der Waals surface area contributed by atoms with Gasteiger partial charge in [-0.2, -0.15) is 0 Å². The molecule has 1 unspecified atom stereocenters. The van der Waals surface area contributed by atoms with Gasteiger partial charge >= 0.3 is 0 Å². The fourth-order valence-corrected chi connectivity index (χ4v) is 3.13. The van der Waals surface area contributed by atoms with Crippen molar-refractivity contribution >= 4 is 31.9 Å². The summed E-state index contributed by atoms with van der Waals surface area (Å²) in [6.45, 7) is 4.51. The Morgan fingerprint density at radius 1 is 1.25 bits per heavy atom. The van der Waals surface area contributed by atoms with E-state index in [1.165, 1.54) is 12.0 Å². The summed E-state index contributed by atoms with van der Waals surface area (Å²) in [4.78, 5) is 0.412. The van der Waals surface area contributed by atoms with Crippen LogP contribution in [0.1, 0.15) is 37.1 Å². The molecule has 3 heteroatoms. The molecule has 0 aliphatic heterocycles. The van der Waals surface area contributed by atoms with Gasteiger partial charge in [0, 0.05) is 9.30 Å². The quantitative estimate of drug-likeness (QED) is 0.653. The molecule has 1 aromatic carbocycles. The van der Waals surface area contributed by atoms with Crippen LogP contribution < -0.4 is 4.74 Å². The van der Waals surface area contributed by atoms with Crippen molar-refractivity contribution in [3.8, 4) is 5.75 Å². The van der Waals surface area contributed by atoms with Crippen molar-refractivity contribution in [3.05, 3.63) is 28.2 Å². The summed E-state index contributed by atoms with van der Waals surface area (Å²) in [6, 6.07) is 6.13. The molecule has 0 saturated heterocycles. The maximum Gasteiger partial charge on any atom is 0.120 e. The minimum absolute atomic E-state index is 0.412. The standard InChI is InChI=1S/C13H18Br2O/c1-9(2)4-7-12(14)11-6-5-10(16-3)8-13(11)15/h5-6,8-9,12H,4,7H2,1-3H3. The lowest BCUT2D eigenvalue weighted by Gasteiger charge is -2.14. The predicted molar refractivity (Wildman–Crippen MR) is 76.4 cm³/mol. The van der Waals surface area contributed by atoms with E-state index in [2.05, 4.69) is 51.8 Å². The second-order valence-electron chi connectivity index (χ2n) is 4.33. The number of hydrogen-bond acceptors (Lipinski definition) is 1. The van der Waals surface area contributed by atoms with Crippen molar-refractivity contribution in [3.63, 3.8) is 0 Å². The molecule has 0 aliphatic rings. The van der Waals surface area contributed by atoms with E-state index < -0.39 is 0 Å². The van der Waals surface area contributed by atoms with Gasteiger partial charge in [0.2, 0.25) is 0 Å². The van der Waals surface area contributed by atoms with Crippen LogP contribution in [0.15, 0.2) is 22.7 Å². The maximum absolute atomic E-state index is 5.18. The molecule has 0 spiro atoms. The third-order valence-electron chi connectivity index (χ3n) is 2.54. The average molecular weight is 350 g/mol. The Bertz CT molecular complexity index is 337. The lowest BCUT2D eigenvalue weighted by atomic mass is 10.0. The number of benzene rings is 1. The van der Waals surface area contributed by atoms with Crippen LogP contribution in [-0.4, -0.2) is 7.11 Å². The lowest BCUT2D eigenvalue weighted by molar-refractivity contribution is 0.414. The first-order chi connectivity index (χ1) is 7.54. The van der Waals surface area contributed by atoms with Gasteiger partial charge in [0.25, 0.3) is 0 Å². The molecule has 0 saturated carbocycles. The Morgan fingerprint density at radius 2 is 1.94 bits per heavy atom. The van der Waals surface area contributed by atoms with Crippen LogP contribution in [0, 0.1) is 5.92 Å². The van der Waals surface area contributed by atoms with Crippen molar-refractivity contribution in [1.82, 2.24) is 0 Å². The van der Waals surface area contributed by atoms with E-state index in [9.17, 15) is 0 Å². The first-order valence-corrected chi connectivity index (χ1v) is 7.23. The highest BCUT2D eigenvalue weighted by Crippen LogP contribution is 2.35. The molecule has 0 heterocycles. The fourth-order valence-electron chi connectivity index (χ4n) is 1.52. The molecular formula is C13H18Br2O. The van der Waals surface area contributed by atoms with Crippen molar-refractivity contribution in [2.45, 2.75) is 31.5 Å². The van der Waals surface area contributed by atoms with E-state index in [1.54, 1.807) is 7.11 Å². The topological polar surface area (TPSA) is 9.23 Å². The average Bonchev–Trinajstić information content (AvgIpc) is 2.25. The Hall–Kier alpha value is -0.0200. The third kappa shape index (κ3) is 4.10. The van der Waals surface area contributed by atoms with E-state index in [4.69, 9.17) is 4.74 Å². The molecule has 1 atom stereocenters. The van der Waals surface area contributed by atoms with E-state index >= 15 is 0 Å².